The topological polar surface area (TPSA) is 60.5 Å². The van der Waals surface area contributed by atoms with Crippen molar-refractivity contribution in [1.82, 2.24) is 10.3 Å². The van der Waals surface area contributed by atoms with Gasteiger partial charge in [0.1, 0.15) is 5.82 Å². The second-order valence-corrected chi connectivity index (χ2v) is 7.05. The first-order chi connectivity index (χ1) is 12.5. The predicted octanol–water partition coefficient (Wildman–Crippen LogP) is 3.59. The van der Waals surface area contributed by atoms with Gasteiger partial charge in [-0.15, -0.1) is 0 Å². The average Bonchev–Trinajstić information content (AvgIpc) is 2.62. The molecule has 7 heteroatoms. The van der Waals surface area contributed by atoms with Crippen molar-refractivity contribution in [3.63, 3.8) is 0 Å². The molecule has 1 fully saturated rings. The molecule has 0 unspecified atom stereocenters. The molecular formula is C19H24ClN5O. The maximum Gasteiger partial charge on any atom is 0.320 e. The molecule has 2 aromatic rings. The number of hydrogen-bond donors (Lipinski definition) is 2. The fourth-order valence-electron chi connectivity index (χ4n) is 2.96. The van der Waals surface area contributed by atoms with E-state index in [0.717, 1.165) is 42.6 Å². The van der Waals surface area contributed by atoms with Crippen molar-refractivity contribution in [2.24, 2.45) is 0 Å². The first kappa shape index (κ1) is 18.3. The minimum absolute atomic E-state index is 0.0880. The Balaban J connectivity index is 1.55. The lowest BCUT2D eigenvalue weighted by atomic mass is 10.2. The highest BCUT2D eigenvalue weighted by atomic mass is 35.5. The van der Waals surface area contributed by atoms with Gasteiger partial charge in [-0.1, -0.05) is 17.7 Å². The maximum atomic E-state index is 11.7. The number of benzene rings is 1. The van der Waals surface area contributed by atoms with E-state index in [1.165, 1.54) is 0 Å². The summed E-state index contributed by atoms with van der Waals surface area (Å²) in [6.07, 6.45) is 1.81. The second kappa shape index (κ2) is 8.27. The number of pyridine rings is 1. The van der Waals surface area contributed by atoms with Gasteiger partial charge in [0.25, 0.3) is 0 Å². The SMILES string of the molecule is CC(C)NC(=O)Nc1ccc(N2CCN(c3cccc(Cl)c3)CC2)cn1. The van der Waals surface area contributed by atoms with Gasteiger partial charge < -0.3 is 15.1 Å². The van der Waals surface area contributed by atoms with Gasteiger partial charge in [-0.3, -0.25) is 5.32 Å². The van der Waals surface area contributed by atoms with E-state index in [1.807, 2.05) is 44.2 Å². The lowest BCUT2D eigenvalue weighted by Gasteiger charge is -2.37. The van der Waals surface area contributed by atoms with Gasteiger partial charge in [-0.25, -0.2) is 9.78 Å². The van der Waals surface area contributed by atoms with Crippen LogP contribution in [0.4, 0.5) is 22.0 Å². The molecule has 1 saturated heterocycles. The fraction of sp³-hybridized carbons (Fsp3) is 0.368. The van der Waals surface area contributed by atoms with Crippen LogP contribution in [0, 0.1) is 0 Å². The molecule has 2 heterocycles. The molecule has 3 rings (SSSR count). The van der Waals surface area contributed by atoms with Crippen molar-refractivity contribution >= 4 is 34.8 Å². The summed E-state index contributed by atoms with van der Waals surface area (Å²) in [5.74, 6) is 0.546. The summed E-state index contributed by atoms with van der Waals surface area (Å²) in [6.45, 7) is 7.51. The van der Waals surface area contributed by atoms with Gasteiger partial charge in [0.15, 0.2) is 0 Å². The lowest BCUT2D eigenvalue weighted by molar-refractivity contribution is 0.250. The molecule has 2 amide bonds. The van der Waals surface area contributed by atoms with E-state index < -0.39 is 0 Å². The molecule has 0 atom stereocenters. The van der Waals surface area contributed by atoms with Crippen LogP contribution in [0.5, 0.6) is 0 Å². The number of aromatic nitrogens is 1. The molecule has 26 heavy (non-hydrogen) atoms. The first-order valence-corrected chi connectivity index (χ1v) is 9.18. The average molecular weight is 374 g/mol. The highest BCUT2D eigenvalue weighted by Gasteiger charge is 2.18. The monoisotopic (exact) mass is 373 g/mol. The van der Waals surface area contributed by atoms with E-state index >= 15 is 0 Å². The standard InChI is InChI=1S/C19H24ClN5O/c1-14(2)22-19(26)23-18-7-6-17(13-21-18)25-10-8-24(9-11-25)16-5-3-4-15(20)12-16/h3-7,12-14H,8-11H2,1-2H3,(H2,21,22,23,26). The van der Waals surface area contributed by atoms with Gasteiger partial charge in [-0.05, 0) is 44.2 Å². The van der Waals surface area contributed by atoms with Crippen molar-refractivity contribution in [3.8, 4) is 0 Å². The number of nitrogens with one attached hydrogen (secondary N) is 2. The molecule has 1 aliphatic heterocycles. The number of halogens is 1. The van der Waals surface area contributed by atoms with E-state index in [2.05, 4.69) is 31.5 Å². The molecule has 1 aromatic heterocycles. The fourth-order valence-corrected chi connectivity index (χ4v) is 3.14. The maximum absolute atomic E-state index is 11.7. The van der Waals surface area contributed by atoms with Crippen LogP contribution in [0.2, 0.25) is 5.02 Å². The summed E-state index contributed by atoms with van der Waals surface area (Å²) in [6, 6.07) is 11.6. The Bertz CT molecular complexity index is 742. The number of piperazine rings is 1. The Labute approximate surface area is 159 Å². The number of rotatable bonds is 4. The largest absolute Gasteiger partial charge is 0.368 e. The summed E-state index contributed by atoms with van der Waals surface area (Å²) in [7, 11) is 0. The van der Waals surface area contributed by atoms with Crippen LogP contribution < -0.4 is 20.4 Å². The minimum Gasteiger partial charge on any atom is -0.368 e. The predicted molar refractivity (Wildman–Crippen MR) is 107 cm³/mol. The Kier molecular flexibility index (Phi) is 5.83. The van der Waals surface area contributed by atoms with Gasteiger partial charge in [0.2, 0.25) is 0 Å². The molecule has 0 radical (unpaired) electrons. The third-order valence-corrected chi connectivity index (χ3v) is 4.46. The van der Waals surface area contributed by atoms with Crippen LogP contribution >= 0.6 is 11.6 Å². The number of urea groups is 1. The van der Waals surface area contributed by atoms with E-state index in [9.17, 15) is 4.79 Å². The first-order valence-electron chi connectivity index (χ1n) is 8.80. The smallest absolute Gasteiger partial charge is 0.320 e. The van der Waals surface area contributed by atoms with Gasteiger partial charge >= 0.3 is 6.03 Å². The Hall–Kier alpha value is -2.47. The third kappa shape index (κ3) is 4.79. The number of hydrogen-bond acceptors (Lipinski definition) is 4. The van der Waals surface area contributed by atoms with Gasteiger partial charge in [0, 0.05) is 42.9 Å². The van der Waals surface area contributed by atoms with Crippen LogP contribution in [0.3, 0.4) is 0 Å². The summed E-state index contributed by atoms with van der Waals surface area (Å²) in [4.78, 5) is 20.7. The number of carbonyl (C=O) groups excluding carboxylic acids is 1. The number of amides is 2. The van der Waals surface area contributed by atoms with Crippen molar-refractivity contribution < 1.29 is 4.79 Å². The molecular weight excluding hydrogens is 350 g/mol. The third-order valence-electron chi connectivity index (χ3n) is 4.23. The van der Waals surface area contributed by atoms with Crippen LogP contribution in [0.1, 0.15) is 13.8 Å². The molecule has 2 N–H and O–H groups in total. The lowest BCUT2D eigenvalue weighted by Crippen LogP contribution is -2.46. The van der Waals surface area contributed by atoms with Crippen molar-refractivity contribution in [2.75, 3.05) is 41.3 Å². The summed E-state index contributed by atoms with van der Waals surface area (Å²) in [5.41, 5.74) is 2.22. The van der Waals surface area contributed by atoms with Gasteiger partial charge in [0.05, 0.1) is 11.9 Å². The van der Waals surface area contributed by atoms with E-state index in [-0.39, 0.29) is 12.1 Å². The molecule has 1 aliphatic rings. The Morgan fingerprint density at radius 3 is 2.35 bits per heavy atom. The zero-order chi connectivity index (χ0) is 18.5. The zero-order valence-corrected chi connectivity index (χ0v) is 15.8. The van der Waals surface area contributed by atoms with E-state index in [0.29, 0.717) is 5.82 Å². The number of nitrogens with zero attached hydrogens (tertiary/aromatic N) is 3. The summed E-state index contributed by atoms with van der Waals surface area (Å²) < 4.78 is 0. The van der Waals surface area contributed by atoms with Crippen molar-refractivity contribution in [2.45, 2.75) is 19.9 Å². The molecule has 138 valence electrons. The highest BCUT2D eigenvalue weighted by molar-refractivity contribution is 6.30. The molecule has 0 aliphatic carbocycles. The van der Waals surface area contributed by atoms with Crippen LogP contribution in [-0.4, -0.2) is 43.2 Å². The zero-order valence-electron chi connectivity index (χ0n) is 15.1. The Morgan fingerprint density at radius 2 is 1.77 bits per heavy atom. The van der Waals surface area contributed by atoms with E-state index in [4.69, 9.17) is 11.6 Å². The normalized spacial score (nSPS) is 14.5. The summed E-state index contributed by atoms with van der Waals surface area (Å²) in [5, 5.41) is 6.28. The molecule has 0 bridgehead atoms. The second-order valence-electron chi connectivity index (χ2n) is 6.61. The quantitative estimate of drug-likeness (QED) is 0.859. The number of carbonyl (C=O) groups is 1. The minimum atomic E-state index is -0.240. The molecule has 1 aromatic carbocycles. The van der Waals surface area contributed by atoms with Crippen molar-refractivity contribution in [1.29, 1.82) is 0 Å². The number of anilines is 3. The van der Waals surface area contributed by atoms with Crippen molar-refractivity contribution in [3.05, 3.63) is 47.6 Å². The van der Waals surface area contributed by atoms with E-state index in [1.54, 1.807) is 6.20 Å². The summed E-state index contributed by atoms with van der Waals surface area (Å²) >= 11 is 6.09. The Morgan fingerprint density at radius 1 is 1.08 bits per heavy atom. The molecule has 6 nitrogen and oxygen atoms in total. The van der Waals surface area contributed by atoms with Gasteiger partial charge in [-0.2, -0.15) is 0 Å². The highest BCUT2D eigenvalue weighted by Crippen LogP contribution is 2.23. The van der Waals surface area contributed by atoms with Crippen LogP contribution in [0.15, 0.2) is 42.6 Å². The molecule has 0 spiro atoms. The molecule has 0 saturated carbocycles. The van der Waals surface area contributed by atoms with Crippen LogP contribution in [-0.2, 0) is 0 Å². The van der Waals surface area contributed by atoms with Crippen LogP contribution in [0.25, 0.3) is 0 Å².